The van der Waals surface area contributed by atoms with Crippen LogP contribution in [-0.2, 0) is 0 Å². The number of rotatable bonds is 7. The Balaban J connectivity index is 2.07. The Morgan fingerprint density at radius 1 is 1.17 bits per heavy atom. The normalized spacial score (nSPS) is 10.5. The smallest absolute Gasteiger partial charge is 0.271 e. The van der Waals surface area contributed by atoms with E-state index in [1.54, 1.807) is 36.8 Å². The van der Waals surface area contributed by atoms with Crippen LogP contribution in [0.25, 0.3) is 0 Å². The lowest BCUT2D eigenvalue weighted by Crippen LogP contribution is -2.17. The van der Waals surface area contributed by atoms with Gasteiger partial charge in [0.05, 0.1) is 19.4 Å². The summed E-state index contributed by atoms with van der Waals surface area (Å²) in [6, 6.07) is 8.70. The van der Waals surface area contributed by atoms with Crippen LogP contribution in [0.2, 0.25) is 0 Å². The zero-order valence-corrected chi connectivity index (χ0v) is 13.2. The summed E-state index contributed by atoms with van der Waals surface area (Å²) in [4.78, 5) is 15.7. The molecular formula is C17H19N3O3. The maximum Gasteiger partial charge on any atom is 0.271 e. The summed E-state index contributed by atoms with van der Waals surface area (Å²) in [6.07, 6.45) is 4.65. The van der Waals surface area contributed by atoms with Crippen LogP contribution in [0.3, 0.4) is 0 Å². The number of nitrogens with zero attached hydrogens (tertiary/aromatic N) is 2. The molecule has 0 spiro atoms. The molecule has 0 aliphatic rings. The second-order valence-corrected chi connectivity index (χ2v) is 4.50. The molecule has 0 atom stereocenters. The van der Waals surface area contributed by atoms with Crippen molar-refractivity contribution < 1.29 is 14.3 Å². The largest absolute Gasteiger partial charge is 0.494 e. The third kappa shape index (κ3) is 4.81. The molecule has 1 aromatic heterocycles. The van der Waals surface area contributed by atoms with Gasteiger partial charge in [0.1, 0.15) is 11.5 Å². The van der Waals surface area contributed by atoms with Crippen LogP contribution in [0.4, 0.5) is 0 Å². The molecule has 0 aliphatic heterocycles. The summed E-state index contributed by atoms with van der Waals surface area (Å²) in [5.41, 5.74) is 3.72. The Hall–Kier alpha value is -2.89. The van der Waals surface area contributed by atoms with E-state index in [1.807, 2.05) is 26.0 Å². The molecule has 0 radical (unpaired) electrons. The Labute approximate surface area is 135 Å². The van der Waals surface area contributed by atoms with Gasteiger partial charge in [-0.15, -0.1) is 0 Å². The van der Waals surface area contributed by atoms with Crippen LogP contribution in [0.5, 0.6) is 11.5 Å². The van der Waals surface area contributed by atoms with Crippen LogP contribution >= 0.6 is 0 Å². The lowest BCUT2D eigenvalue weighted by atomic mass is 10.2. The highest BCUT2D eigenvalue weighted by Crippen LogP contribution is 2.23. The molecule has 23 heavy (non-hydrogen) atoms. The summed E-state index contributed by atoms with van der Waals surface area (Å²) >= 11 is 0. The van der Waals surface area contributed by atoms with Crippen molar-refractivity contribution in [3.05, 3.63) is 53.9 Å². The summed E-state index contributed by atoms with van der Waals surface area (Å²) in [5, 5.41) is 3.97. The molecule has 6 heteroatoms. The molecule has 1 N–H and O–H groups in total. The molecule has 120 valence electrons. The first-order valence-electron chi connectivity index (χ1n) is 7.37. The molecule has 0 bridgehead atoms. The zero-order chi connectivity index (χ0) is 16.5. The van der Waals surface area contributed by atoms with Crippen molar-refractivity contribution in [3.63, 3.8) is 0 Å². The number of amides is 1. The number of carbonyl (C=O) groups excluding carboxylic acids is 1. The first kappa shape index (κ1) is 16.5. The van der Waals surface area contributed by atoms with E-state index in [-0.39, 0.29) is 5.91 Å². The molecular weight excluding hydrogens is 294 g/mol. The van der Waals surface area contributed by atoms with E-state index < -0.39 is 0 Å². The van der Waals surface area contributed by atoms with Crippen molar-refractivity contribution in [3.8, 4) is 11.5 Å². The fourth-order valence-corrected chi connectivity index (χ4v) is 1.89. The van der Waals surface area contributed by atoms with Crippen molar-refractivity contribution in [2.75, 3.05) is 13.2 Å². The van der Waals surface area contributed by atoms with Gasteiger partial charge in [-0.2, -0.15) is 5.10 Å². The second kappa shape index (κ2) is 8.53. The van der Waals surface area contributed by atoms with Gasteiger partial charge < -0.3 is 9.47 Å². The molecule has 1 amide bonds. The molecule has 0 unspecified atom stereocenters. The Morgan fingerprint density at radius 3 is 2.61 bits per heavy atom. The average molecular weight is 313 g/mol. The van der Waals surface area contributed by atoms with Gasteiger partial charge in [-0.3, -0.25) is 9.78 Å². The summed E-state index contributed by atoms with van der Waals surface area (Å²) in [6.45, 7) is 4.94. The quantitative estimate of drug-likeness (QED) is 0.630. The minimum atomic E-state index is -0.299. The predicted octanol–water partition coefficient (Wildman–Crippen LogP) is 2.64. The molecule has 0 saturated heterocycles. The standard InChI is InChI=1S/C17H19N3O3/c1-3-22-15-6-5-14(16(11-15)23-4-2)12-19-20-17(21)13-7-9-18-10-8-13/h5-12H,3-4H2,1-2H3,(H,20,21)/b19-12+. The highest BCUT2D eigenvalue weighted by atomic mass is 16.5. The van der Waals surface area contributed by atoms with Crippen LogP contribution < -0.4 is 14.9 Å². The average Bonchev–Trinajstić information content (AvgIpc) is 2.58. The van der Waals surface area contributed by atoms with E-state index in [0.717, 1.165) is 11.3 Å². The Morgan fingerprint density at radius 2 is 1.91 bits per heavy atom. The third-order valence-corrected chi connectivity index (χ3v) is 2.91. The third-order valence-electron chi connectivity index (χ3n) is 2.91. The number of ether oxygens (including phenoxy) is 2. The van der Waals surface area contributed by atoms with Crippen LogP contribution in [0.1, 0.15) is 29.8 Å². The SMILES string of the molecule is CCOc1ccc(/C=N/NC(=O)c2ccncc2)c(OCC)c1. The van der Waals surface area contributed by atoms with Crippen LogP contribution in [0.15, 0.2) is 47.8 Å². The molecule has 0 saturated carbocycles. The van der Waals surface area contributed by atoms with E-state index in [4.69, 9.17) is 9.47 Å². The number of carbonyl (C=O) groups is 1. The molecule has 0 fully saturated rings. The predicted molar refractivity (Wildman–Crippen MR) is 88.1 cm³/mol. The first-order chi connectivity index (χ1) is 11.2. The molecule has 2 aromatic rings. The van der Waals surface area contributed by atoms with Crippen molar-refractivity contribution in [2.24, 2.45) is 5.10 Å². The van der Waals surface area contributed by atoms with Gasteiger partial charge in [0.25, 0.3) is 5.91 Å². The summed E-state index contributed by atoms with van der Waals surface area (Å²) in [7, 11) is 0. The van der Waals surface area contributed by atoms with Gasteiger partial charge in [-0.05, 0) is 38.1 Å². The Bertz CT molecular complexity index is 672. The lowest BCUT2D eigenvalue weighted by Gasteiger charge is -2.10. The molecule has 6 nitrogen and oxygen atoms in total. The maximum absolute atomic E-state index is 11.9. The van der Waals surface area contributed by atoms with Crippen LogP contribution in [0, 0.1) is 0 Å². The number of benzene rings is 1. The minimum absolute atomic E-state index is 0.299. The Kier molecular flexibility index (Phi) is 6.11. The van der Waals surface area contributed by atoms with Gasteiger partial charge in [0, 0.05) is 29.6 Å². The number of hydrazone groups is 1. The van der Waals surface area contributed by atoms with Crippen molar-refractivity contribution in [1.29, 1.82) is 0 Å². The molecule has 2 rings (SSSR count). The zero-order valence-electron chi connectivity index (χ0n) is 13.2. The molecule has 0 aliphatic carbocycles. The highest BCUT2D eigenvalue weighted by molar-refractivity contribution is 5.94. The van der Waals surface area contributed by atoms with E-state index in [2.05, 4.69) is 15.5 Å². The fraction of sp³-hybridized carbons (Fsp3) is 0.235. The van der Waals surface area contributed by atoms with Gasteiger partial charge in [0.15, 0.2) is 0 Å². The minimum Gasteiger partial charge on any atom is -0.494 e. The van der Waals surface area contributed by atoms with E-state index >= 15 is 0 Å². The highest BCUT2D eigenvalue weighted by Gasteiger charge is 2.05. The number of pyridine rings is 1. The number of hydrogen-bond donors (Lipinski definition) is 1. The van der Waals surface area contributed by atoms with E-state index in [9.17, 15) is 4.79 Å². The first-order valence-corrected chi connectivity index (χ1v) is 7.37. The monoisotopic (exact) mass is 313 g/mol. The lowest BCUT2D eigenvalue weighted by molar-refractivity contribution is 0.0955. The van der Waals surface area contributed by atoms with Crippen molar-refractivity contribution >= 4 is 12.1 Å². The van der Waals surface area contributed by atoms with E-state index in [0.29, 0.717) is 24.5 Å². The van der Waals surface area contributed by atoms with E-state index in [1.165, 1.54) is 0 Å². The van der Waals surface area contributed by atoms with Crippen molar-refractivity contribution in [1.82, 2.24) is 10.4 Å². The fourth-order valence-electron chi connectivity index (χ4n) is 1.89. The van der Waals surface area contributed by atoms with Crippen molar-refractivity contribution in [2.45, 2.75) is 13.8 Å². The summed E-state index contributed by atoms with van der Waals surface area (Å²) < 4.78 is 11.0. The summed E-state index contributed by atoms with van der Waals surface area (Å²) in [5.74, 6) is 1.09. The number of nitrogens with one attached hydrogen (secondary N) is 1. The molecule has 1 heterocycles. The number of aromatic nitrogens is 1. The van der Waals surface area contributed by atoms with Gasteiger partial charge in [0.2, 0.25) is 0 Å². The maximum atomic E-state index is 11.9. The topological polar surface area (TPSA) is 72.8 Å². The second-order valence-electron chi connectivity index (χ2n) is 4.50. The van der Waals surface area contributed by atoms with Gasteiger partial charge in [-0.1, -0.05) is 0 Å². The number of hydrogen-bond acceptors (Lipinski definition) is 5. The van der Waals surface area contributed by atoms with Crippen LogP contribution in [-0.4, -0.2) is 30.3 Å². The van der Waals surface area contributed by atoms with Gasteiger partial charge in [-0.25, -0.2) is 5.43 Å². The van der Waals surface area contributed by atoms with Gasteiger partial charge >= 0.3 is 0 Å². The molecule has 1 aromatic carbocycles.